The number of hydrogen-bond acceptors (Lipinski definition) is 5. The zero-order valence-corrected chi connectivity index (χ0v) is 8.41. The van der Waals surface area contributed by atoms with Gasteiger partial charge >= 0.3 is 0 Å². The molecule has 0 saturated heterocycles. The maximum absolute atomic E-state index is 5.24. The highest BCUT2D eigenvalue weighted by atomic mass is 15.3. The predicted octanol–water partition coefficient (Wildman–Crippen LogP) is 0.973. The Morgan fingerprint density at radius 1 is 1.43 bits per heavy atom. The number of hydrogen-bond donors (Lipinski definition) is 3. The Morgan fingerprint density at radius 3 is 2.64 bits per heavy atom. The molecule has 4 N–H and O–H groups in total. The lowest BCUT2D eigenvalue weighted by Gasteiger charge is -2.07. The molecule has 1 saturated carbocycles. The Morgan fingerprint density at radius 2 is 2.07 bits per heavy atom. The molecule has 0 aromatic carbocycles. The zero-order chi connectivity index (χ0) is 10.2. The van der Waals surface area contributed by atoms with Gasteiger partial charge in [0, 0.05) is 6.04 Å². The Bertz CT molecular complexity index is 336. The van der Waals surface area contributed by atoms with Crippen LogP contribution in [0, 0.1) is 5.41 Å². The maximum atomic E-state index is 5.24. The van der Waals surface area contributed by atoms with Gasteiger partial charge in [-0.1, -0.05) is 13.8 Å². The van der Waals surface area contributed by atoms with Gasteiger partial charge < -0.3 is 10.7 Å². The highest BCUT2D eigenvalue weighted by molar-refractivity contribution is 5.43. The second kappa shape index (κ2) is 3.09. The first-order valence-electron chi connectivity index (χ1n) is 4.67. The summed E-state index contributed by atoms with van der Waals surface area (Å²) in [6.07, 6.45) is 4.47. The molecule has 1 aliphatic carbocycles. The van der Waals surface area contributed by atoms with Crippen molar-refractivity contribution in [2.45, 2.75) is 26.3 Å². The third-order valence-corrected chi connectivity index (χ3v) is 2.62. The molecular weight excluding hydrogens is 178 g/mol. The van der Waals surface area contributed by atoms with E-state index in [-0.39, 0.29) is 0 Å². The summed E-state index contributed by atoms with van der Waals surface area (Å²) in [5.41, 5.74) is 2.85. The van der Waals surface area contributed by atoms with Crippen LogP contribution in [0.2, 0.25) is 0 Å². The molecule has 1 aliphatic rings. The van der Waals surface area contributed by atoms with Crippen molar-refractivity contribution in [1.29, 1.82) is 0 Å². The van der Waals surface area contributed by atoms with E-state index in [1.807, 2.05) is 0 Å². The van der Waals surface area contributed by atoms with Crippen LogP contribution < -0.4 is 16.6 Å². The fraction of sp³-hybridized carbons (Fsp3) is 0.556. The molecule has 0 spiro atoms. The minimum Gasteiger partial charge on any atom is -0.365 e. The molecule has 0 aliphatic heterocycles. The van der Waals surface area contributed by atoms with E-state index in [1.165, 1.54) is 6.42 Å². The summed E-state index contributed by atoms with van der Waals surface area (Å²) >= 11 is 0. The summed E-state index contributed by atoms with van der Waals surface area (Å²) < 4.78 is 0. The summed E-state index contributed by atoms with van der Waals surface area (Å²) in [6.45, 7) is 4.45. The van der Waals surface area contributed by atoms with Gasteiger partial charge in [-0.2, -0.15) is 0 Å². The molecule has 1 fully saturated rings. The molecule has 5 heteroatoms. The number of nitrogen functional groups attached to an aromatic ring is 1. The summed E-state index contributed by atoms with van der Waals surface area (Å²) in [4.78, 5) is 8.24. The van der Waals surface area contributed by atoms with Gasteiger partial charge in [-0.25, -0.2) is 10.8 Å². The number of aromatic nitrogens is 2. The number of nitrogens with one attached hydrogen (secondary N) is 2. The van der Waals surface area contributed by atoms with Gasteiger partial charge in [0.1, 0.15) is 5.82 Å². The van der Waals surface area contributed by atoms with Gasteiger partial charge in [-0.15, -0.1) is 0 Å². The monoisotopic (exact) mass is 193 g/mol. The van der Waals surface area contributed by atoms with Crippen LogP contribution >= 0.6 is 0 Å². The summed E-state index contributed by atoms with van der Waals surface area (Å²) in [7, 11) is 0. The van der Waals surface area contributed by atoms with Crippen molar-refractivity contribution < 1.29 is 0 Å². The van der Waals surface area contributed by atoms with E-state index in [9.17, 15) is 0 Å². The molecule has 5 nitrogen and oxygen atoms in total. The Kier molecular flexibility index (Phi) is 2.03. The van der Waals surface area contributed by atoms with Gasteiger partial charge in [-0.3, -0.25) is 4.98 Å². The molecule has 0 amide bonds. The Hall–Kier alpha value is -1.36. The summed E-state index contributed by atoms with van der Waals surface area (Å²) in [5.74, 6) is 6.59. The van der Waals surface area contributed by atoms with Crippen LogP contribution in [0.4, 0.5) is 11.6 Å². The average Bonchev–Trinajstić information content (AvgIpc) is 2.74. The van der Waals surface area contributed by atoms with Crippen LogP contribution in [0.15, 0.2) is 12.4 Å². The lowest BCUT2D eigenvalue weighted by Crippen LogP contribution is -2.13. The van der Waals surface area contributed by atoms with Crippen LogP contribution in [0.25, 0.3) is 0 Å². The standard InChI is InChI=1S/C9H15N5/c1-9(2)3-6(9)12-7-4-11-5-8(13-7)14-10/h4-6H,3,10H2,1-2H3,(H2,12,13,14). The van der Waals surface area contributed by atoms with Gasteiger partial charge in [0.15, 0.2) is 5.82 Å². The lowest BCUT2D eigenvalue weighted by atomic mass is 10.2. The van der Waals surface area contributed by atoms with Crippen molar-refractivity contribution >= 4 is 11.6 Å². The summed E-state index contributed by atoms with van der Waals surface area (Å²) in [6, 6.07) is 0.504. The van der Waals surface area contributed by atoms with E-state index in [1.54, 1.807) is 12.4 Å². The number of nitrogens with two attached hydrogens (primary N) is 1. The molecule has 1 heterocycles. The number of nitrogens with zero attached hydrogens (tertiary/aromatic N) is 2. The zero-order valence-electron chi connectivity index (χ0n) is 8.41. The van der Waals surface area contributed by atoms with Crippen LogP contribution in [-0.2, 0) is 0 Å². The molecule has 1 atom stereocenters. The van der Waals surface area contributed by atoms with E-state index in [2.05, 4.69) is 34.6 Å². The molecule has 2 rings (SSSR count). The van der Waals surface area contributed by atoms with E-state index in [0.29, 0.717) is 17.3 Å². The quantitative estimate of drug-likeness (QED) is 0.492. The highest BCUT2D eigenvalue weighted by Crippen LogP contribution is 2.46. The van der Waals surface area contributed by atoms with Crippen molar-refractivity contribution in [1.82, 2.24) is 9.97 Å². The maximum Gasteiger partial charge on any atom is 0.160 e. The molecule has 1 aromatic rings. The van der Waals surface area contributed by atoms with Crippen LogP contribution in [0.1, 0.15) is 20.3 Å². The van der Waals surface area contributed by atoms with E-state index in [4.69, 9.17) is 5.84 Å². The molecule has 14 heavy (non-hydrogen) atoms. The minimum atomic E-state index is 0.383. The van der Waals surface area contributed by atoms with E-state index in [0.717, 1.165) is 5.82 Å². The topological polar surface area (TPSA) is 75.9 Å². The molecule has 76 valence electrons. The number of hydrazine groups is 1. The van der Waals surface area contributed by atoms with Gasteiger partial charge in [0.2, 0.25) is 0 Å². The normalized spacial score (nSPS) is 22.9. The SMILES string of the molecule is CC1(C)CC1Nc1cncc(NN)n1. The molecular formula is C9H15N5. The van der Waals surface area contributed by atoms with Crippen molar-refractivity contribution in [3.8, 4) is 0 Å². The molecule has 1 aromatic heterocycles. The van der Waals surface area contributed by atoms with Crippen molar-refractivity contribution in [2.24, 2.45) is 11.3 Å². The fourth-order valence-corrected chi connectivity index (χ4v) is 1.40. The second-order valence-electron chi connectivity index (χ2n) is 4.32. The predicted molar refractivity (Wildman–Crippen MR) is 55.7 cm³/mol. The number of anilines is 2. The largest absolute Gasteiger partial charge is 0.365 e. The third-order valence-electron chi connectivity index (χ3n) is 2.62. The van der Waals surface area contributed by atoms with Crippen LogP contribution in [0.3, 0.4) is 0 Å². The number of rotatable bonds is 3. The van der Waals surface area contributed by atoms with Gasteiger partial charge in [0.25, 0.3) is 0 Å². The molecule has 1 unspecified atom stereocenters. The smallest absolute Gasteiger partial charge is 0.160 e. The first-order valence-corrected chi connectivity index (χ1v) is 4.67. The van der Waals surface area contributed by atoms with Crippen molar-refractivity contribution in [2.75, 3.05) is 10.7 Å². The first-order chi connectivity index (χ1) is 6.62. The Balaban J connectivity index is 2.03. The second-order valence-corrected chi connectivity index (χ2v) is 4.32. The Labute approximate surface area is 83.1 Å². The van der Waals surface area contributed by atoms with Crippen LogP contribution in [-0.4, -0.2) is 16.0 Å². The van der Waals surface area contributed by atoms with Gasteiger partial charge in [-0.05, 0) is 11.8 Å². The lowest BCUT2D eigenvalue weighted by molar-refractivity contribution is 0.630. The fourth-order valence-electron chi connectivity index (χ4n) is 1.40. The molecule has 0 radical (unpaired) electrons. The average molecular weight is 193 g/mol. The van der Waals surface area contributed by atoms with Gasteiger partial charge in [0.05, 0.1) is 12.4 Å². The molecule has 0 bridgehead atoms. The first kappa shape index (κ1) is 9.21. The van der Waals surface area contributed by atoms with Crippen molar-refractivity contribution in [3.05, 3.63) is 12.4 Å². The van der Waals surface area contributed by atoms with Crippen LogP contribution in [0.5, 0.6) is 0 Å². The summed E-state index contributed by atoms with van der Waals surface area (Å²) in [5, 5.41) is 3.31. The van der Waals surface area contributed by atoms with E-state index >= 15 is 0 Å². The third kappa shape index (κ3) is 1.77. The van der Waals surface area contributed by atoms with E-state index < -0.39 is 0 Å². The minimum absolute atomic E-state index is 0.383. The highest BCUT2D eigenvalue weighted by Gasteiger charge is 2.45. The van der Waals surface area contributed by atoms with Crippen molar-refractivity contribution in [3.63, 3.8) is 0 Å².